The Bertz CT molecular complexity index is 526. The number of carbonyl (C=O) groups excluding carboxylic acids is 1. The Morgan fingerprint density at radius 3 is 2.70 bits per heavy atom. The number of aryl methyl sites for hydroxylation is 1. The lowest BCUT2D eigenvalue weighted by Crippen LogP contribution is -2.46. The summed E-state index contributed by atoms with van der Waals surface area (Å²) in [6, 6.07) is 2.29. The van der Waals surface area contributed by atoms with Crippen molar-refractivity contribution in [1.29, 1.82) is 0 Å². The second-order valence-corrected chi connectivity index (χ2v) is 6.98. The molecule has 0 aromatic carbocycles. The van der Waals surface area contributed by atoms with Crippen molar-refractivity contribution in [2.24, 2.45) is 5.92 Å². The molecular weight excluding hydrogens is 288 g/mol. The van der Waals surface area contributed by atoms with E-state index in [0.29, 0.717) is 6.04 Å². The number of hydrogen-bond donors (Lipinski definition) is 1. The molecule has 3 rings (SSSR count). The lowest BCUT2D eigenvalue weighted by atomic mass is 9.96. The van der Waals surface area contributed by atoms with Crippen LogP contribution < -0.4 is 10.2 Å². The molecule has 0 spiro atoms. The summed E-state index contributed by atoms with van der Waals surface area (Å²) in [5.74, 6) is 1.06. The molecule has 2 aliphatic rings. The molecule has 1 N–H and O–H groups in total. The van der Waals surface area contributed by atoms with Gasteiger partial charge in [0.15, 0.2) is 0 Å². The summed E-state index contributed by atoms with van der Waals surface area (Å²) in [4.78, 5) is 23.7. The molecule has 2 fully saturated rings. The molecule has 126 valence electrons. The third-order valence-corrected chi connectivity index (χ3v) is 5.06. The van der Waals surface area contributed by atoms with Gasteiger partial charge < -0.3 is 10.2 Å². The molecule has 1 aliphatic carbocycles. The summed E-state index contributed by atoms with van der Waals surface area (Å²) < 4.78 is 0. The lowest BCUT2D eigenvalue weighted by Gasteiger charge is -2.33. The van der Waals surface area contributed by atoms with Crippen LogP contribution >= 0.6 is 0 Å². The molecule has 1 aromatic heterocycles. The summed E-state index contributed by atoms with van der Waals surface area (Å²) in [5.41, 5.74) is 0.972. The zero-order valence-corrected chi connectivity index (χ0v) is 14.1. The van der Waals surface area contributed by atoms with E-state index in [1.165, 1.54) is 25.7 Å². The summed E-state index contributed by atoms with van der Waals surface area (Å²) >= 11 is 0. The monoisotopic (exact) mass is 316 g/mol. The number of aromatic nitrogens is 2. The molecule has 1 unspecified atom stereocenters. The van der Waals surface area contributed by atoms with Crippen molar-refractivity contribution >= 4 is 11.9 Å². The highest BCUT2D eigenvalue weighted by molar-refractivity contribution is 5.79. The van der Waals surface area contributed by atoms with Gasteiger partial charge in [0.05, 0.1) is 5.92 Å². The standard InChI is InChI=1S/C18H28N4O/c1-14-10-11-19-18(20-14)22-12-6-7-15(13-22)17(23)21-16-8-4-2-3-5-9-16/h10-11,15-16H,2-9,12-13H2,1H3,(H,21,23). The van der Waals surface area contributed by atoms with Gasteiger partial charge in [-0.25, -0.2) is 9.97 Å². The first-order valence-corrected chi connectivity index (χ1v) is 9.07. The maximum Gasteiger partial charge on any atom is 0.225 e. The fourth-order valence-electron chi connectivity index (χ4n) is 3.70. The smallest absolute Gasteiger partial charge is 0.225 e. The normalized spacial score (nSPS) is 23.3. The fourth-order valence-corrected chi connectivity index (χ4v) is 3.70. The Morgan fingerprint density at radius 1 is 1.17 bits per heavy atom. The molecule has 23 heavy (non-hydrogen) atoms. The van der Waals surface area contributed by atoms with E-state index >= 15 is 0 Å². The van der Waals surface area contributed by atoms with Crippen LogP contribution in [0, 0.1) is 12.8 Å². The molecule has 1 amide bonds. The van der Waals surface area contributed by atoms with Gasteiger partial charge in [0.1, 0.15) is 0 Å². The van der Waals surface area contributed by atoms with Crippen molar-refractivity contribution in [3.05, 3.63) is 18.0 Å². The minimum atomic E-state index is 0.0658. The Hall–Kier alpha value is -1.65. The third-order valence-electron chi connectivity index (χ3n) is 5.06. The van der Waals surface area contributed by atoms with E-state index in [1.54, 1.807) is 6.20 Å². The van der Waals surface area contributed by atoms with Crippen LogP contribution in [-0.2, 0) is 4.79 Å². The Morgan fingerprint density at radius 2 is 1.96 bits per heavy atom. The van der Waals surface area contributed by atoms with Gasteiger partial charge in [-0.1, -0.05) is 25.7 Å². The van der Waals surface area contributed by atoms with Crippen LogP contribution in [0.2, 0.25) is 0 Å². The van der Waals surface area contributed by atoms with Crippen molar-refractivity contribution in [3.8, 4) is 0 Å². The van der Waals surface area contributed by atoms with E-state index in [4.69, 9.17) is 0 Å². The van der Waals surface area contributed by atoms with Crippen molar-refractivity contribution in [1.82, 2.24) is 15.3 Å². The Balaban J connectivity index is 1.58. The van der Waals surface area contributed by atoms with Crippen molar-refractivity contribution in [3.63, 3.8) is 0 Å². The number of carbonyl (C=O) groups is 1. The minimum absolute atomic E-state index is 0.0658. The first-order chi connectivity index (χ1) is 11.2. The van der Waals surface area contributed by atoms with Crippen LogP contribution in [0.4, 0.5) is 5.95 Å². The number of hydrogen-bond acceptors (Lipinski definition) is 4. The van der Waals surface area contributed by atoms with E-state index in [9.17, 15) is 4.79 Å². The molecule has 1 aliphatic heterocycles. The lowest BCUT2D eigenvalue weighted by molar-refractivity contribution is -0.126. The minimum Gasteiger partial charge on any atom is -0.353 e. The van der Waals surface area contributed by atoms with Gasteiger partial charge in [0, 0.05) is 31.0 Å². The molecule has 1 aromatic rings. The van der Waals surface area contributed by atoms with Crippen molar-refractivity contribution < 1.29 is 4.79 Å². The summed E-state index contributed by atoms with van der Waals surface area (Å²) in [5, 5.41) is 3.31. The van der Waals surface area contributed by atoms with Gasteiger partial charge in [0.25, 0.3) is 0 Å². The summed E-state index contributed by atoms with van der Waals surface area (Å²) in [6.45, 7) is 3.66. The SMILES string of the molecule is Cc1ccnc(N2CCCC(C(=O)NC3CCCCCC3)C2)n1. The molecule has 5 heteroatoms. The van der Waals surface area contributed by atoms with E-state index in [2.05, 4.69) is 20.2 Å². The van der Waals surface area contributed by atoms with Gasteiger partial charge in [-0.05, 0) is 38.7 Å². The van der Waals surface area contributed by atoms with Crippen molar-refractivity contribution in [2.75, 3.05) is 18.0 Å². The van der Waals surface area contributed by atoms with Crippen LogP contribution in [0.3, 0.4) is 0 Å². The van der Waals surface area contributed by atoms with Gasteiger partial charge in [-0.15, -0.1) is 0 Å². The predicted octanol–water partition coefficient (Wildman–Crippen LogP) is 2.84. The Labute approximate surface area is 138 Å². The van der Waals surface area contributed by atoms with Crippen LogP contribution in [0.5, 0.6) is 0 Å². The zero-order chi connectivity index (χ0) is 16.1. The largest absolute Gasteiger partial charge is 0.353 e. The molecule has 1 atom stereocenters. The van der Waals surface area contributed by atoms with E-state index in [1.807, 2.05) is 13.0 Å². The van der Waals surface area contributed by atoms with E-state index < -0.39 is 0 Å². The van der Waals surface area contributed by atoms with E-state index in [0.717, 1.165) is 50.4 Å². The average Bonchev–Trinajstić information content (AvgIpc) is 2.84. The van der Waals surface area contributed by atoms with Crippen LogP contribution in [-0.4, -0.2) is 35.0 Å². The fraction of sp³-hybridized carbons (Fsp3) is 0.722. The van der Waals surface area contributed by atoms with Crippen LogP contribution in [0.25, 0.3) is 0 Å². The van der Waals surface area contributed by atoms with Gasteiger partial charge >= 0.3 is 0 Å². The number of amides is 1. The highest BCUT2D eigenvalue weighted by Crippen LogP contribution is 2.22. The third kappa shape index (κ3) is 4.43. The molecule has 1 saturated heterocycles. The van der Waals surface area contributed by atoms with E-state index in [-0.39, 0.29) is 11.8 Å². The molecule has 1 saturated carbocycles. The average molecular weight is 316 g/mol. The highest BCUT2D eigenvalue weighted by atomic mass is 16.2. The molecule has 0 radical (unpaired) electrons. The van der Waals surface area contributed by atoms with Crippen LogP contribution in [0.15, 0.2) is 12.3 Å². The number of piperidine rings is 1. The van der Waals surface area contributed by atoms with Gasteiger partial charge in [-0.3, -0.25) is 4.79 Å². The molecular formula is C18H28N4O. The van der Waals surface area contributed by atoms with Gasteiger partial charge in [0.2, 0.25) is 11.9 Å². The Kier molecular flexibility index (Phi) is 5.47. The first-order valence-electron chi connectivity index (χ1n) is 9.07. The summed E-state index contributed by atoms with van der Waals surface area (Å²) in [6.07, 6.45) is 11.2. The van der Waals surface area contributed by atoms with Crippen LogP contribution in [0.1, 0.15) is 57.1 Å². The topological polar surface area (TPSA) is 58.1 Å². The summed E-state index contributed by atoms with van der Waals surface area (Å²) in [7, 11) is 0. The number of nitrogens with zero attached hydrogens (tertiary/aromatic N) is 3. The molecule has 5 nitrogen and oxygen atoms in total. The second-order valence-electron chi connectivity index (χ2n) is 6.98. The quantitative estimate of drug-likeness (QED) is 0.871. The number of rotatable bonds is 3. The number of anilines is 1. The van der Waals surface area contributed by atoms with Crippen molar-refractivity contribution in [2.45, 2.75) is 64.3 Å². The first kappa shape index (κ1) is 16.2. The zero-order valence-electron chi connectivity index (χ0n) is 14.1. The predicted molar refractivity (Wildman–Crippen MR) is 91.3 cm³/mol. The maximum atomic E-state index is 12.6. The molecule has 2 heterocycles. The maximum absolute atomic E-state index is 12.6. The molecule has 0 bridgehead atoms. The van der Waals surface area contributed by atoms with Gasteiger partial charge in [-0.2, -0.15) is 0 Å². The number of nitrogens with one attached hydrogen (secondary N) is 1. The highest BCUT2D eigenvalue weighted by Gasteiger charge is 2.28. The second kappa shape index (κ2) is 7.75.